The van der Waals surface area contributed by atoms with E-state index in [0.717, 1.165) is 31.2 Å². The number of carbonyl (C=O) groups is 2. The Hall–Kier alpha value is -1.82. The van der Waals surface area contributed by atoms with E-state index >= 15 is 0 Å². The second-order valence-electron chi connectivity index (χ2n) is 5.74. The molecule has 0 aliphatic heterocycles. The predicted molar refractivity (Wildman–Crippen MR) is 105 cm³/mol. The summed E-state index contributed by atoms with van der Waals surface area (Å²) in [6.07, 6.45) is 4.79. The van der Waals surface area contributed by atoms with Crippen LogP contribution in [-0.2, 0) is 24.4 Å². The van der Waals surface area contributed by atoms with E-state index in [0.29, 0.717) is 16.6 Å². The number of unbranched alkanes of at least 4 members (excludes halogenated alkanes) is 2. The zero-order chi connectivity index (χ0) is 19.4. The van der Waals surface area contributed by atoms with Crippen molar-refractivity contribution >= 4 is 33.9 Å². The standard InChI is InChI=1S/C20H27BrO5/c1-4-6-10-25-19(22)17(20(23)26-11-7-5-2)12-15-8-9-16(14-21)18(13-15)24-3/h8-9,12-13H,4-7,10-11,14H2,1-3H3. The zero-order valence-corrected chi connectivity index (χ0v) is 17.3. The van der Waals surface area contributed by atoms with Gasteiger partial charge in [0.05, 0.1) is 20.3 Å². The van der Waals surface area contributed by atoms with E-state index in [-0.39, 0.29) is 18.8 Å². The summed E-state index contributed by atoms with van der Waals surface area (Å²) in [5.74, 6) is -0.652. The molecule has 0 amide bonds. The van der Waals surface area contributed by atoms with Gasteiger partial charge in [0.1, 0.15) is 11.3 Å². The number of alkyl halides is 1. The predicted octanol–water partition coefficient (Wildman–Crippen LogP) is 4.66. The number of halogens is 1. The largest absolute Gasteiger partial charge is 0.496 e. The maximum absolute atomic E-state index is 12.3. The first-order chi connectivity index (χ1) is 12.6. The number of ether oxygens (including phenoxy) is 3. The molecular weight excluding hydrogens is 400 g/mol. The molecule has 0 aliphatic rings. The van der Waals surface area contributed by atoms with Gasteiger partial charge in [-0.25, -0.2) is 9.59 Å². The van der Waals surface area contributed by atoms with Gasteiger partial charge in [0, 0.05) is 10.9 Å². The average Bonchev–Trinajstić information content (AvgIpc) is 2.65. The summed E-state index contributed by atoms with van der Waals surface area (Å²) in [5.41, 5.74) is 1.54. The molecule has 0 bridgehead atoms. The minimum Gasteiger partial charge on any atom is -0.496 e. The Morgan fingerprint density at radius 3 is 2.08 bits per heavy atom. The van der Waals surface area contributed by atoms with Crippen LogP contribution in [0.1, 0.15) is 50.7 Å². The average molecular weight is 427 g/mol. The lowest BCUT2D eigenvalue weighted by Gasteiger charge is -2.10. The van der Waals surface area contributed by atoms with Gasteiger partial charge in [-0.15, -0.1) is 0 Å². The van der Waals surface area contributed by atoms with Gasteiger partial charge in [0.15, 0.2) is 0 Å². The molecule has 0 aliphatic carbocycles. The topological polar surface area (TPSA) is 61.8 Å². The van der Waals surface area contributed by atoms with Crippen molar-refractivity contribution in [3.63, 3.8) is 0 Å². The molecule has 0 radical (unpaired) electrons. The molecule has 0 N–H and O–H groups in total. The SMILES string of the molecule is CCCCOC(=O)C(=Cc1ccc(CBr)c(OC)c1)C(=O)OCCCC. The van der Waals surface area contributed by atoms with Gasteiger partial charge >= 0.3 is 11.9 Å². The van der Waals surface area contributed by atoms with Gasteiger partial charge < -0.3 is 14.2 Å². The number of methoxy groups -OCH3 is 1. The lowest BCUT2D eigenvalue weighted by molar-refractivity contribution is -0.147. The van der Waals surface area contributed by atoms with Crippen LogP contribution in [0.5, 0.6) is 5.75 Å². The van der Waals surface area contributed by atoms with Crippen molar-refractivity contribution in [3.8, 4) is 5.75 Å². The third-order valence-electron chi connectivity index (χ3n) is 3.67. The van der Waals surface area contributed by atoms with Crippen molar-refractivity contribution < 1.29 is 23.8 Å². The minimum absolute atomic E-state index is 0.106. The summed E-state index contributed by atoms with van der Waals surface area (Å²) in [6.45, 7) is 4.56. The molecule has 26 heavy (non-hydrogen) atoms. The number of esters is 2. The summed E-state index contributed by atoms with van der Waals surface area (Å²) in [4.78, 5) is 24.7. The molecule has 0 saturated heterocycles. The fraction of sp³-hybridized carbons (Fsp3) is 0.500. The Kier molecular flexibility index (Phi) is 10.7. The van der Waals surface area contributed by atoms with Gasteiger partial charge in [0.2, 0.25) is 0 Å². The molecule has 0 fully saturated rings. The highest BCUT2D eigenvalue weighted by Gasteiger charge is 2.21. The highest BCUT2D eigenvalue weighted by atomic mass is 79.9. The normalized spacial score (nSPS) is 10.2. The Balaban J connectivity index is 3.07. The number of benzene rings is 1. The van der Waals surface area contributed by atoms with Crippen molar-refractivity contribution in [2.75, 3.05) is 20.3 Å². The second-order valence-corrected chi connectivity index (χ2v) is 6.30. The van der Waals surface area contributed by atoms with Crippen molar-refractivity contribution in [1.82, 2.24) is 0 Å². The molecule has 1 aromatic rings. The first-order valence-electron chi connectivity index (χ1n) is 8.86. The lowest BCUT2D eigenvalue weighted by atomic mass is 10.1. The third-order valence-corrected chi connectivity index (χ3v) is 4.27. The Morgan fingerprint density at radius 1 is 1.04 bits per heavy atom. The van der Waals surface area contributed by atoms with E-state index in [1.165, 1.54) is 6.08 Å². The van der Waals surface area contributed by atoms with Crippen LogP contribution in [0.25, 0.3) is 6.08 Å². The van der Waals surface area contributed by atoms with E-state index < -0.39 is 11.9 Å². The van der Waals surface area contributed by atoms with E-state index in [1.54, 1.807) is 13.2 Å². The van der Waals surface area contributed by atoms with Crippen LogP contribution in [0.4, 0.5) is 0 Å². The molecule has 144 valence electrons. The third kappa shape index (κ3) is 7.20. The van der Waals surface area contributed by atoms with Gasteiger partial charge in [-0.1, -0.05) is 54.8 Å². The van der Waals surface area contributed by atoms with Crippen LogP contribution in [0.2, 0.25) is 0 Å². The molecular formula is C20H27BrO5. The summed E-state index contributed by atoms with van der Waals surface area (Å²) in [7, 11) is 1.58. The summed E-state index contributed by atoms with van der Waals surface area (Å²) >= 11 is 3.40. The summed E-state index contributed by atoms with van der Waals surface area (Å²) < 4.78 is 15.7. The van der Waals surface area contributed by atoms with E-state index in [4.69, 9.17) is 14.2 Å². The molecule has 6 heteroatoms. The van der Waals surface area contributed by atoms with Crippen LogP contribution in [-0.4, -0.2) is 32.3 Å². The summed E-state index contributed by atoms with van der Waals surface area (Å²) in [6, 6.07) is 5.47. The molecule has 0 saturated carbocycles. The van der Waals surface area contributed by atoms with Crippen LogP contribution >= 0.6 is 15.9 Å². The Labute approximate surface area is 163 Å². The van der Waals surface area contributed by atoms with Crippen molar-refractivity contribution in [1.29, 1.82) is 0 Å². The number of hydrogen-bond acceptors (Lipinski definition) is 5. The fourth-order valence-electron chi connectivity index (χ4n) is 2.10. The van der Waals surface area contributed by atoms with Crippen LogP contribution in [0.15, 0.2) is 23.8 Å². The quantitative estimate of drug-likeness (QED) is 0.128. The highest BCUT2D eigenvalue weighted by molar-refractivity contribution is 9.08. The van der Waals surface area contributed by atoms with Crippen molar-refractivity contribution in [2.24, 2.45) is 0 Å². The molecule has 5 nitrogen and oxygen atoms in total. The van der Waals surface area contributed by atoms with Crippen LogP contribution < -0.4 is 4.74 Å². The van der Waals surface area contributed by atoms with Gasteiger partial charge in [-0.05, 0) is 30.5 Å². The lowest BCUT2D eigenvalue weighted by Crippen LogP contribution is -2.19. The Morgan fingerprint density at radius 2 is 1.62 bits per heavy atom. The monoisotopic (exact) mass is 426 g/mol. The highest BCUT2D eigenvalue weighted by Crippen LogP contribution is 2.24. The molecule has 0 atom stereocenters. The second kappa shape index (κ2) is 12.5. The number of carbonyl (C=O) groups excluding carboxylic acids is 2. The Bertz CT molecular complexity index is 601. The first-order valence-corrected chi connectivity index (χ1v) is 9.98. The van der Waals surface area contributed by atoms with Crippen LogP contribution in [0.3, 0.4) is 0 Å². The molecule has 0 aromatic heterocycles. The minimum atomic E-state index is -0.663. The number of hydrogen-bond donors (Lipinski definition) is 0. The number of rotatable bonds is 11. The van der Waals surface area contributed by atoms with Crippen molar-refractivity contribution in [2.45, 2.75) is 44.9 Å². The molecule has 0 spiro atoms. The molecule has 1 aromatic carbocycles. The summed E-state index contributed by atoms with van der Waals surface area (Å²) in [5, 5.41) is 0.644. The van der Waals surface area contributed by atoms with E-state index in [2.05, 4.69) is 15.9 Å². The van der Waals surface area contributed by atoms with E-state index in [9.17, 15) is 9.59 Å². The van der Waals surface area contributed by atoms with Crippen LogP contribution in [0, 0.1) is 0 Å². The van der Waals surface area contributed by atoms with Gasteiger partial charge in [0.25, 0.3) is 0 Å². The van der Waals surface area contributed by atoms with Gasteiger partial charge in [-0.3, -0.25) is 0 Å². The smallest absolute Gasteiger partial charge is 0.345 e. The first kappa shape index (κ1) is 22.2. The maximum Gasteiger partial charge on any atom is 0.345 e. The molecule has 0 heterocycles. The van der Waals surface area contributed by atoms with Crippen molar-refractivity contribution in [3.05, 3.63) is 34.9 Å². The van der Waals surface area contributed by atoms with E-state index in [1.807, 2.05) is 26.0 Å². The molecule has 0 unspecified atom stereocenters. The zero-order valence-electron chi connectivity index (χ0n) is 15.7. The molecule has 1 rings (SSSR count). The van der Waals surface area contributed by atoms with Gasteiger partial charge in [-0.2, -0.15) is 0 Å². The maximum atomic E-state index is 12.3. The fourth-order valence-corrected chi connectivity index (χ4v) is 2.57.